The first kappa shape index (κ1) is 19.4. The van der Waals surface area contributed by atoms with E-state index in [2.05, 4.69) is 25.9 Å². The number of benzene rings is 2. The summed E-state index contributed by atoms with van der Waals surface area (Å²) in [5, 5.41) is 9.69. The lowest BCUT2D eigenvalue weighted by molar-refractivity contribution is -0.114. The molecular formula is C20H20ClN5O2. The third-order valence-electron chi connectivity index (χ3n) is 3.74. The number of hydrogen-bond acceptors (Lipinski definition) is 6. The second-order valence-corrected chi connectivity index (χ2v) is 6.51. The molecule has 0 spiro atoms. The Balaban J connectivity index is 1.80. The number of rotatable bonds is 6. The van der Waals surface area contributed by atoms with E-state index in [0.717, 1.165) is 17.1 Å². The Bertz CT molecular complexity index is 992. The van der Waals surface area contributed by atoms with Gasteiger partial charge in [-0.2, -0.15) is 4.98 Å². The largest absolute Gasteiger partial charge is 0.495 e. The number of methoxy groups -OCH3 is 1. The van der Waals surface area contributed by atoms with Crippen molar-refractivity contribution in [3.8, 4) is 5.75 Å². The molecule has 2 aromatic carbocycles. The molecule has 0 bridgehead atoms. The van der Waals surface area contributed by atoms with E-state index in [0.29, 0.717) is 28.2 Å². The van der Waals surface area contributed by atoms with E-state index in [9.17, 15) is 4.79 Å². The fourth-order valence-electron chi connectivity index (χ4n) is 2.57. The molecule has 0 radical (unpaired) electrons. The van der Waals surface area contributed by atoms with E-state index in [-0.39, 0.29) is 5.91 Å². The first-order valence-electron chi connectivity index (χ1n) is 8.54. The van der Waals surface area contributed by atoms with Crippen molar-refractivity contribution in [2.45, 2.75) is 13.8 Å². The highest BCUT2D eigenvalue weighted by molar-refractivity contribution is 6.31. The van der Waals surface area contributed by atoms with Gasteiger partial charge < -0.3 is 20.7 Å². The van der Waals surface area contributed by atoms with Gasteiger partial charge in [0.1, 0.15) is 11.6 Å². The van der Waals surface area contributed by atoms with Gasteiger partial charge in [0.15, 0.2) is 0 Å². The number of carbonyl (C=O) groups excluding carboxylic acids is 1. The third kappa shape index (κ3) is 5.11. The average molecular weight is 398 g/mol. The van der Waals surface area contributed by atoms with Gasteiger partial charge in [-0.05, 0) is 49.4 Å². The summed E-state index contributed by atoms with van der Waals surface area (Å²) in [5.41, 5.74) is 3.01. The molecule has 8 heteroatoms. The second-order valence-electron chi connectivity index (χ2n) is 6.07. The highest BCUT2D eigenvalue weighted by Gasteiger charge is 2.08. The van der Waals surface area contributed by atoms with Crippen molar-refractivity contribution >= 4 is 46.3 Å². The second kappa shape index (κ2) is 8.58. The van der Waals surface area contributed by atoms with Gasteiger partial charge in [0.05, 0.1) is 12.8 Å². The van der Waals surface area contributed by atoms with Crippen LogP contribution in [0.4, 0.5) is 28.8 Å². The lowest BCUT2D eigenvalue weighted by Crippen LogP contribution is -2.06. The molecule has 0 atom stereocenters. The van der Waals surface area contributed by atoms with Crippen LogP contribution in [0.15, 0.2) is 48.5 Å². The van der Waals surface area contributed by atoms with E-state index >= 15 is 0 Å². The van der Waals surface area contributed by atoms with Gasteiger partial charge >= 0.3 is 0 Å². The van der Waals surface area contributed by atoms with Crippen LogP contribution >= 0.6 is 11.6 Å². The molecule has 1 aromatic heterocycles. The molecule has 0 aliphatic carbocycles. The van der Waals surface area contributed by atoms with Crippen molar-refractivity contribution in [3.63, 3.8) is 0 Å². The Hall–Kier alpha value is -3.32. The summed E-state index contributed by atoms with van der Waals surface area (Å²) in [6, 6.07) is 14.4. The van der Waals surface area contributed by atoms with Crippen LogP contribution in [-0.4, -0.2) is 23.0 Å². The standard InChI is InChI=1S/C20H20ClN5O2/c1-12-10-19(25-17-11-14(21)4-9-18(17)28-3)26-20(22-12)24-16-7-5-15(6-8-16)23-13(2)27/h4-11H,1-3H3,(H,23,27)(H2,22,24,25,26). The van der Waals surface area contributed by atoms with Gasteiger partial charge in [0.2, 0.25) is 11.9 Å². The van der Waals surface area contributed by atoms with Gasteiger partial charge in [-0.1, -0.05) is 11.6 Å². The van der Waals surface area contributed by atoms with Gasteiger partial charge in [0, 0.05) is 35.1 Å². The Morgan fingerprint density at radius 2 is 1.71 bits per heavy atom. The lowest BCUT2D eigenvalue weighted by Gasteiger charge is -2.13. The molecule has 7 nitrogen and oxygen atoms in total. The molecule has 3 N–H and O–H groups in total. The average Bonchev–Trinajstić information content (AvgIpc) is 2.63. The summed E-state index contributed by atoms with van der Waals surface area (Å²) < 4.78 is 5.36. The summed E-state index contributed by atoms with van der Waals surface area (Å²) in [5.74, 6) is 1.58. The van der Waals surface area contributed by atoms with Gasteiger partial charge in [-0.25, -0.2) is 4.98 Å². The molecule has 1 amide bonds. The first-order valence-corrected chi connectivity index (χ1v) is 8.91. The first-order chi connectivity index (χ1) is 13.4. The normalized spacial score (nSPS) is 10.3. The minimum atomic E-state index is -0.116. The van der Waals surface area contributed by atoms with Crippen LogP contribution in [0.2, 0.25) is 5.02 Å². The fourth-order valence-corrected chi connectivity index (χ4v) is 2.75. The molecule has 0 aliphatic rings. The number of hydrogen-bond donors (Lipinski definition) is 3. The van der Waals surface area contributed by atoms with Crippen LogP contribution in [0, 0.1) is 6.92 Å². The molecule has 0 saturated heterocycles. The zero-order valence-corrected chi connectivity index (χ0v) is 16.5. The van der Waals surface area contributed by atoms with Crippen LogP contribution in [-0.2, 0) is 4.79 Å². The predicted molar refractivity (Wildman–Crippen MR) is 112 cm³/mol. The monoisotopic (exact) mass is 397 g/mol. The minimum Gasteiger partial charge on any atom is -0.495 e. The van der Waals surface area contributed by atoms with Crippen molar-refractivity contribution in [3.05, 3.63) is 59.2 Å². The van der Waals surface area contributed by atoms with Crippen LogP contribution in [0.3, 0.4) is 0 Å². The van der Waals surface area contributed by atoms with Gasteiger partial charge in [-0.15, -0.1) is 0 Å². The van der Waals surface area contributed by atoms with Crippen LogP contribution in [0.1, 0.15) is 12.6 Å². The summed E-state index contributed by atoms with van der Waals surface area (Å²) >= 11 is 6.09. The molecular weight excluding hydrogens is 378 g/mol. The van der Waals surface area contributed by atoms with E-state index in [1.165, 1.54) is 6.92 Å². The fraction of sp³-hybridized carbons (Fsp3) is 0.150. The SMILES string of the molecule is COc1ccc(Cl)cc1Nc1cc(C)nc(Nc2ccc(NC(C)=O)cc2)n1. The Morgan fingerprint density at radius 3 is 2.39 bits per heavy atom. The van der Waals surface area contributed by atoms with E-state index in [1.807, 2.05) is 25.1 Å². The number of aryl methyl sites for hydroxylation is 1. The number of anilines is 5. The van der Waals surface area contributed by atoms with Crippen LogP contribution in [0.5, 0.6) is 5.75 Å². The Labute approximate surface area is 168 Å². The molecule has 28 heavy (non-hydrogen) atoms. The molecule has 0 unspecified atom stereocenters. The molecule has 0 saturated carbocycles. The Kier molecular flexibility index (Phi) is 5.96. The highest BCUT2D eigenvalue weighted by atomic mass is 35.5. The summed E-state index contributed by atoms with van der Waals surface area (Å²) in [6.45, 7) is 3.35. The van der Waals surface area contributed by atoms with Crippen LogP contribution < -0.4 is 20.7 Å². The quantitative estimate of drug-likeness (QED) is 0.548. The van der Waals surface area contributed by atoms with Crippen molar-refractivity contribution in [1.82, 2.24) is 9.97 Å². The number of nitrogens with one attached hydrogen (secondary N) is 3. The maximum atomic E-state index is 11.1. The number of amides is 1. The van der Waals surface area contributed by atoms with Gasteiger partial charge in [-0.3, -0.25) is 4.79 Å². The topological polar surface area (TPSA) is 88.2 Å². The van der Waals surface area contributed by atoms with Gasteiger partial charge in [0.25, 0.3) is 0 Å². The Morgan fingerprint density at radius 1 is 1.00 bits per heavy atom. The molecule has 0 aliphatic heterocycles. The number of carbonyl (C=O) groups is 1. The van der Waals surface area contributed by atoms with E-state index in [4.69, 9.17) is 16.3 Å². The third-order valence-corrected chi connectivity index (χ3v) is 3.97. The van der Waals surface area contributed by atoms with Crippen molar-refractivity contribution in [2.75, 3.05) is 23.1 Å². The predicted octanol–water partition coefficient (Wildman–Crippen LogP) is 4.89. The zero-order chi connectivity index (χ0) is 20.1. The molecule has 144 valence electrons. The summed E-state index contributed by atoms with van der Waals surface area (Å²) in [7, 11) is 1.59. The lowest BCUT2D eigenvalue weighted by atomic mass is 10.2. The zero-order valence-electron chi connectivity index (χ0n) is 15.7. The molecule has 3 rings (SSSR count). The number of aromatic nitrogens is 2. The number of halogens is 1. The highest BCUT2D eigenvalue weighted by Crippen LogP contribution is 2.30. The smallest absolute Gasteiger partial charge is 0.229 e. The molecule has 1 heterocycles. The summed E-state index contributed by atoms with van der Waals surface area (Å²) in [6.07, 6.45) is 0. The number of ether oxygens (including phenoxy) is 1. The maximum Gasteiger partial charge on any atom is 0.229 e. The maximum absolute atomic E-state index is 11.1. The van der Waals surface area contributed by atoms with Crippen molar-refractivity contribution in [1.29, 1.82) is 0 Å². The molecule has 3 aromatic rings. The van der Waals surface area contributed by atoms with E-state index < -0.39 is 0 Å². The molecule has 0 fully saturated rings. The summed E-state index contributed by atoms with van der Waals surface area (Å²) in [4.78, 5) is 20.0. The van der Waals surface area contributed by atoms with Crippen LogP contribution in [0.25, 0.3) is 0 Å². The van der Waals surface area contributed by atoms with Crippen molar-refractivity contribution in [2.24, 2.45) is 0 Å². The number of nitrogens with zero attached hydrogens (tertiary/aromatic N) is 2. The minimum absolute atomic E-state index is 0.116. The van der Waals surface area contributed by atoms with Crippen molar-refractivity contribution < 1.29 is 9.53 Å². The van der Waals surface area contributed by atoms with E-state index in [1.54, 1.807) is 37.4 Å².